The van der Waals surface area contributed by atoms with E-state index in [1.165, 1.54) is 9.47 Å². The second-order valence-electron chi connectivity index (χ2n) is 8.16. The second kappa shape index (κ2) is 11.7. The Balaban J connectivity index is 2.21. The molecule has 12 heteroatoms. The van der Waals surface area contributed by atoms with E-state index in [9.17, 15) is 19.2 Å². The molecule has 4 N–H and O–H groups in total. The highest BCUT2D eigenvalue weighted by atomic mass is 32.2. The Bertz CT molecular complexity index is 1090. The van der Waals surface area contributed by atoms with Crippen LogP contribution in [0, 0.1) is 12.8 Å². The summed E-state index contributed by atoms with van der Waals surface area (Å²) in [6.07, 6.45) is 1.53. The summed E-state index contributed by atoms with van der Waals surface area (Å²) in [5, 5.41) is 5.78. The molecule has 1 atom stereocenters. The normalized spacial score (nSPS) is 12.1. The summed E-state index contributed by atoms with van der Waals surface area (Å²) >= 11 is 1.12. The first-order chi connectivity index (χ1) is 15.5. The number of anilines is 3. The minimum atomic E-state index is -0.712. The molecule has 2 amide bonds. The predicted octanol–water partition coefficient (Wildman–Crippen LogP) is 1.96. The van der Waals surface area contributed by atoms with Crippen LogP contribution in [-0.4, -0.2) is 44.1 Å². The fourth-order valence-corrected chi connectivity index (χ4v) is 3.82. The van der Waals surface area contributed by atoms with Crippen LogP contribution < -0.4 is 27.2 Å². The van der Waals surface area contributed by atoms with Gasteiger partial charge in [-0.15, -0.1) is 11.8 Å². The van der Waals surface area contributed by atoms with Gasteiger partial charge in [-0.25, -0.2) is 4.79 Å². The van der Waals surface area contributed by atoms with E-state index in [0.717, 1.165) is 18.2 Å². The van der Waals surface area contributed by atoms with Gasteiger partial charge in [-0.1, -0.05) is 32.3 Å². The number of hydrogen-bond acceptors (Lipinski definition) is 8. The number of aromatic nitrogens is 3. The first kappa shape index (κ1) is 26.2. The monoisotopic (exact) mass is 480 g/mol. The smallest absolute Gasteiger partial charge is 0.330 e. The highest BCUT2D eigenvalue weighted by Crippen LogP contribution is 2.22. The molecule has 0 unspecified atom stereocenters. The third-order valence-electron chi connectivity index (χ3n) is 4.77. The van der Waals surface area contributed by atoms with Gasteiger partial charge < -0.3 is 20.5 Å². The number of H-pyrrole nitrogens is 1. The van der Waals surface area contributed by atoms with Gasteiger partial charge in [0.25, 0.3) is 5.56 Å². The van der Waals surface area contributed by atoms with Crippen LogP contribution in [0.15, 0.2) is 20.2 Å². The van der Waals surface area contributed by atoms with Gasteiger partial charge in [-0.05, 0) is 26.2 Å². The van der Waals surface area contributed by atoms with E-state index in [4.69, 9.17) is 10.3 Å². The van der Waals surface area contributed by atoms with Crippen LogP contribution in [0.25, 0.3) is 0 Å². The molecule has 0 aliphatic heterocycles. The summed E-state index contributed by atoms with van der Waals surface area (Å²) in [6, 6.07) is 1.59. The van der Waals surface area contributed by atoms with E-state index >= 15 is 0 Å². The summed E-state index contributed by atoms with van der Waals surface area (Å²) in [6.45, 7) is 9.72. The number of rotatable bonds is 11. The molecule has 2 aromatic heterocycles. The van der Waals surface area contributed by atoms with Crippen LogP contribution in [0.5, 0.6) is 0 Å². The van der Waals surface area contributed by atoms with Crippen LogP contribution in [0.4, 0.5) is 17.3 Å². The predicted molar refractivity (Wildman–Crippen MR) is 130 cm³/mol. The Kier molecular flexibility index (Phi) is 9.32. The van der Waals surface area contributed by atoms with Crippen molar-refractivity contribution in [2.75, 3.05) is 28.2 Å². The van der Waals surface area contributed by atoms with E-state index in [2.05, 4.69) is 15.5 Å². The average molecular weight is 481 g/mol. The Morgan fingerprint density at radius 3 is 2.61 bits per heavy atom. The molecule has 11 nitrogen and oxygen atoms in total. The van der Waals surface area contributed by atoms with Gasteiger partial charge in [0.2, 0.25) is 11.8 Å². The van der Waals surface area contributed by atoms with Crippen LogP contribution in [0.1, 0.15) is 46.3 Å². The number of amides is 2. The first-order valence-electron chi connectivity index (χ1n) is 10.8. The number of unbranched alkanes of at least 4 members (excludes halogenated alkanes) is 1. The van der Waals surface area contributed by atoms with Gasteiger partial charge in [0.1, 0.15) is 11.6 Å². The zero-order valence-electron chi connectivity index (χ0n) is 19.6. The van der Waals surface area contributed by atoms with Crippen LogP contribution >= 0.6 is 11.8 Å². The molecule has 0 bridgehead atoms. The molecule has 0 radical (unpaired) electrons. The number of thioether (sulfide) groups is 1. The summed E-state index contributed by atoms with van der Waals surface area (Å²) in [5.74, 6) is 0.0740. The molecule has 0 saturated carbocycles. The Morgan fingerprint density at radius 1 is 1.33 bits per heavy atom. The highest BCUT2D eigenvalue weighted by molar-refractivity contribution is 8.01. The number of carbonyl (C=O) groups excluding carboxylic acids is 2. The maximum Gasteiger partial charge on any atom is 0.330 e. The van der Waals surface area contributed by atoms with Gasteiger partial charge in [-0.3, -0.25) is 23.9 Å². The lowest BCUT2D eigenvalue weighted by Gasteiger charge is -2.26. The third kappa shape index (κ3) is 6.98. The molecule has 2 heterocycles. The molecule has 0 saturated heterocycles. The lowest BCUT2D eigenvalue weighted by Crippen LogP contribution is -2.43. The minimum absolute atomic E-state index is 0.0323. The number of nitrogens with one attached hydrogen (secondary N) is 2. The van der Waals surface area contributed by atoms with Crippen molar-refractivity contribution in [1.82, 2.24) is 14.7 Å². The maximum atomic E-state index is 13.1. The molecule has 0 spiro atoms. The molecular weight excluding hydrogens is 448 g/mol. The zero-order chi connectivity index (χ0) is 24.7. The number of aryl methyl sites for hydroxylation is 1. The lowest BCUT2D eigenvalue weighted by molar-refractivity contribution is -0.116. The zero-order valence-corrected chi connectivity index (χ0v) is 20.5. The van der Waals surface area contributed by atoms with Crippen molar-refractivity contribution in [2.24, 2.45) is 5.92 Å². The molecule has 0 fully saturated rings. The standard InChI is InChI=1S/C21H32N6O5S/c1-6-7-8-26-18(22)17(20(30)24-21(26)31)27(10-12(2)3)16(28)11-33-14(5)19(29)23-15-9-13(4)32-25-15/h9,12,14H,6-8,10-11,22H2,1-5H3,(H,23,25,29)(H,24,30,31)/t14-/m0/s1. The number of carbonyl (C=O) groups is 2. The van der Waals surface area contributed by atoms with Crippen molar-refractivity contribution >= 4 is 40.9 Å². The first-order valence-corrected chi connectivity index (χ1v) is 11.9. The number of hydrogen-bond donors (Lipinski definition) is 3. The van der Waals surface area contributed by atoms with E-state index in [0.29, 0.717) is 24.5 Å². The Labute approximate surface area is 196 Å². The Hall–Kier alpha value is -3.02. The fraction of sp³-hybridized carbons (Fsp3) is 0.571. The van der Waals surface area contributed by atoms with Gasteiger partial charge in [0.05, 0.1) is 11.0 Å². The van der Waals surface area contributed by atoms with Gasteiger partial charge in [-0.2, -0.15) is 0 Å². The van der Waals surface area contributed by atoms with Gasteiger partial charge in [0, 0.05) is 19.2 Å². The Morgan fingerprint density at radius 2 is 2.03 bits per heavy atom. The number of aromatic amines is 1. The van der Waals surface area contributed by atoms with Gasteiger partial charge >= 0.3 is 5.69 Å². The van der Waals surface area contributed by atoms with Crippen LogP contribution in [0.2, 0.25) is 0 Å². The van der Waals surface area contributed by atoms with Crippen LogP contribution in [0.3, 0.4) is 0 Å². The number of nitrogen functional groups attached to an aromatic ring is 1. The van der Waals surface area contributed by atoms with E-state index in [1.807, 2.05) is 20.8 Å². The average Bonchev–Trinajstić information content (AvgIpc) is 3.14. The van der Waals surface area contributed by atoms with E-state index in [1.54, 1.807) is 19.9 Å². The van der Waals surface area contributed by atoms with Crippen molar-refractivity contribution < 1.29 is 14.1 Å². The quantitative estimate of drug-likeness (QED) is 0.441. The summed E-state index contributed by atoms with van der Waals surface area (Å²) in [5.41, 5.74) is 4.84. The maximum absolute atomic E-state index is 13.1. The number of nitrogens with two attached hydrogens (primary N) is 1. The minimum Gasteiger partial charge on any atom is -0.383 e. The van der Waals surface area contributed by atoms with Crippen molar-refractivity contribution in [3.8, 4) is 0 Å². The molecule has 0 aromatic carbocycles. The van der Waals surface area contributed by atoms with Crippen molar-refractivity contribution in [3.05, 3.63) is 32.7 Å². The lowest BCUT2D eigenvalue weighted by atomic mass is 10.2. The van der Waals surface area contributed by atoms with Gasteiger partial charge in [0.15, 0.2) is 11.5 Å². The number of nitrogens with zero attached hydrogens (tertiary/aromatic N) is 3. The van der Waals surface area contributed by atoms with E-state index < -0.39 is 16.5 Å². The van der Waals surface area contributed by atoms with Crippen molar-refractivity contribution in [1.29, 1.82) is 0 Å². The molecule has 0 aliphatic carbocycles. The highest BCUT2D eigenvalue weighted by Gasteiger charge is 2.26. The molecular formula is C21H32N6O5S. The summed E-state index contributed by atoms with van der Waals surface area (Å²) in [4.78, 5) is 54.0. The van der Waals surface area contributed by atoms with Crippen molar-refractivity contribution in [2.45, 2.75) is 59.3 Å². The molecule has 33 heavy (non-hydrogen) atoms. The molecule has 0 aliphatic rings. The summed E-state index contributed by atoms with van der Waals surface area (Å²) < 4.78 is 6.21. The van der Waals surface area contributed by atoms with Crippen molar-refractivity contribution in [3.63, 3.8) is 0 Å². The topological polar surface area (TPSA) is 156 Å². The second-order valence-corrected chi connectivity index (χ2v) is 9.49. The largest absolute Gasteiger partial charge is 0.383 e. The fourth-order valence-electron chi connectivity index (χ4n) is 3.06. The third-order valence-corrected chi connectivity index (χ3v) is 5.90. The summed E-state index contributed by atoms with van der Waals surface area (Å²) in [7, 11) is 0. The molecule has 2 rings (SSSR count). The molecule has 182 valence electrons. The van der Waals surface area contributed by atoms with Crippen LogP contribution in [-0.2, 0) is 16.1 Å². The SMILES string of the molecule is CCCCn1c(N)c(N(CC(C)C)C(=O)CS[C@@H](C)C(=O)Nc2cc(C)on2)c(=O)[nH]c1=O. The molecule has 2 aromatic rings. The van der Waals surface area contributed by atoms with E-state index in [-0.39, 0.29) is 41.5 Å².